The van der Waals surface area contributed by atoms with E-state index in [1.807, 2.05) is 6.07 Å². The van der Waals surface area contributed by atoms with E-state index in [9.17, 15) is 4.79 Å². The van der Waals surface area contributed by atoms with Gasteiger partial charge in [0.1, 0.15) is 0 Å². The van der Waals surface area contributed by atoms with Gasteiger partial charge in [0, 0.05) is 19.6 Å². The molecule has 3 nitrogen and oxygen atoms in total. The monoisotopic (exact) mass is 335 g/mol. The molecule has 0 N–H and O–H groups in total. The molecule has 0 aliphatic carbocycles. The molecule has 2 aliphatic heterocycles. The van der Waals surface area contributed by atoms with Crippen LogP contribution in [0.1, 0.15) is 48.4 Å². The minimum absolute atomic E-state index is 0.132. The molecule has 0 aromatic heterocycles. The third-order valence-corrected chi connectivity index (χ3v) is 5.46. The Balaban J connectivity index is 1.55. The maximum absolute atomic E-state index is 13.0. The number of hydrogen-bond donors (Lipinski definition) is 0. The lowest BCUT2D eigenvalue weighted by Gasteiger charge is -2.37. The Morgan fingerprint density at radius 3 is 2.56 bits per heavy atom. The zero-order chi connectivity index (χ0) is 17.1. The maximum Gasteiger partial charge on any atom is 0.223 e. The molecule has 0 saturated carbocycles. The molecule has 1 amide bonds. The second kappa shape index (κ2) is 7.40. The molecular weight excluding hydrogens is 310 g/mol. The fourth-order valence-corrected chi connectivity index (χ4v) is 4.06. The number of carbonyl (C=O) groups excluding carboxylic acids is 1. The zero-order valence-electron chi connectivity index (χ0n) is 14.6. The van der Waals surface area contributed by atoms with Crippen molar-refractivity contribution in [1.82, 2.24) is 4.90 Å². The highest BCUT2D eigenvalue weighted by Gasteiger charge is 2.31. The zero-order valence-corrected chi connectivity index (χ0v) is 14.6. The second-order valence-corrected chi connectivity index (χ2v) is 7.09. The third-order valence-electron chi connectivity index (χ3n) is 5.46. The van der Waals surface area contributed by atoms with Gasteiger partial charge in [-0.1, -0.05) is 54.6 Å². The van der Waals surface area contributed by atoms with E-state index < -0.39 is 0 Å². The molecule has 0 bridgehead atoms. The molecule has 25 heavy (non-hydrogen) atoms. The first kappa shape index (κ1) is 16.3. The number of rotatable bonds is 4. The van der Waals surface area contributed by atoms with Crippen LogP contribution in [0.2, 0.25) is 0 Å². The van der Waals surface area contributed by atoms with E-state index in [0.29, 0.717) is 13.0 Å². The lowest BCUT2D eigenvalue weighted by Crippen LogP contribution is -2.39. The van der Waals surface area contributed by atoms with E-state index in [0.717, 1.165) is 32.3 Å². The van der Waals surface area contributed by atoms with Crippen molar-refractivity contribution in [3.05, 3.63) is 71.3 Å². The third kappa shape index (κ3) is 3.62. The summed E-state index contributed by atoms with van der Waals surface area (Å²) in [5.74, 6) is 0.249. The Kier molecular flexibility index (Phi) is 4.84. The van der Waals surface area contributed by atoms with Crippen molar-refractivity contribution in [2.24, 2.45) is 0 Å². The fraction of sp³-hybridized carbons (Fsp3) is 0.409. The second-order valence-electron chi connectivity index (χ2n) is 7.09. The Labute approximate surface area is 149 Å². The summed E-state index contributed by atoms with van der Waals surface area (Å²) in [4.78, 5) is 15.1. The van der Waals surface area contributed by atoms with Crippen molar-refractivity contribution in [3.8, 4) is 0 Å². The van der Waals surface area contributed by atoms with Crippen LogP contribution in [0, 0.1) is 0 Å². The summed E-state index contributed by atoms with van der Waals surface area (Å²) in [7, 11) is 0. The standard InChI is InChI=1S/C22H25NO2/c24-22(13-12-20-11-6-14-25-20)23-16-19-10-5-4-9-18(19)15-21(23)17-7-2-1-3-8-17/h1-5,7-10,20-21H,6,11-16H2/t20-,21?/m1/s1. The molecule has 0 radical (unpaired) electrons. The molecule has 0 spiro atoms. The topological polar surface area (TPSA) is 29.5 Å². The SMILES string of the molecule is O=C(CC[C@H]1CCCO1)N1Cc2ccccc2CC1c1ccccc1. The molecule has 2 atom stereocenters. The van der Waals surface area contributed by atoms with Gasteiger partial charge in [0.15, 0.2) is 0 Å². The lowest BCUT2D eigenvalue weighted by molar-refractivity contribution is -0.135. The van der Waals surface area contributed by atoms with Gasteiger partial charge in [-0.15, -0.1) is 0 Å². The minimum atomic E-state index is 0.132. The Morgan fingerprint density at radius 1 is 1.04 bits per heavy atom. The van der Waals surface area contributed by atoms with Crippen molar-refractivity contribution < 1.29 is 9.53 Å². The highest BCUT2D eigenvalue weighted by Crippen LogP contribution is 2.34. The number of nitrogens with zero attached hydrogens (tertiary/aromatic N) is 1. The summed E-state index contributed by atoms with van der Waals surface area (Å²) >= 11 is 0. The normalized spacial score (nSPS) is 22.6. The first-order valence-electron chi connectivity index (χ1n) is 9.34. The van der Waals surface area contributed by atoms with Crippen molar-refractivity contribution in [1.29, 1.82) is 0 Å². The first-order valence-corrected chi connectivity index (χ1v) is 9.34. The van der Waals surface area contributed by atoms with E-state index in [1.54, 1.807) is 0 Å². The minimum Gasteiger partial charge on any atom is -0.378 e. The molecule has 2 aromatic carbocycles. The number of benzene rings is 2. The van der Waals surface area contributed by atoms with Crippen LogP contribution >= 0.6 is 0 Å². The largest absolute Gasteiger partial charge is 0.378 e. The van der Waals surface area contributed by atoms with Crippen LogP contribution < -0.4 is 0 Å². The van der Waals surface area contributed by atoms with Crippen LogP contribution in [0.15, 0.2) is 54.6 Å². The Bertz CT molecular complexity index is 722. The van der Waals surface area contributed by atoms with Gasteiger partial charge in [-0.2, -0.15) is 0 Å². The van der Waals surface area contributed by atoms with Crippen LogP contribution in [0.5, 0.6) is 0 Å². The first-order chi connectivity index (χ1) is 12.3. The number of fused-ring (bicyclic) bond motifs is 1. The van der Waals surface area contributed by atoms with Crippen LogP contribution in [0.4, 0.5) is 0 Å². The van der Waals surface area contributed by atoms with Crippen LogP contribution in [-0.2, 0) is 22.5 Å². The van der Waals surface area contributed by atoms with Gasteiger partial charge in [-0.25, -0.2) is 0 Å². The number of ether oxygens (including phenoxy) is 1. The Morgan fingerprint density at radius 2 is 1.80 bits per heavy atom. The van der Waals surface area contributed by atoms with Gasteiger partial charge in [-0.3, -0.25) is 4.79 Å². The predicted octanol–water partition coefficient (Wildman–Crippen LogP) is 4.27. The molecule has 3 heteroatoms. The van der Waals surface area contributed by atoms with Crippen LogP contribution in [0.3, 0.4) is 0 Å². The maximum atomic E-state index is 13.0. The molecular formula is C22H25NO2. The summed E-state index contributed by atoms with van der Waals surface area (Å²) in [6, 6.07) is 19.1. The number of hydrogen-bond acceptors (Lipinski definition) is 2. The molecule has 1 unspecified atom stereocenters. The number of carbonyl (C=O) groups is 1. The average molecular weight is 335 g/mol. The highest BCUT2D eigenvalue weighted by atomic mass is 16.5. The van der Waals surface area contributed by atoms with Crippen molar-refractivity contribution in [2.45, 2.75) is 50.8 Å². The number of amides is 1. The average Bonchev–Trinajstić information content (AvgIpc) is 3.19. The van der Waals surface area contributed by atoms with E-state index in [4.69, 9.17) is 4.74 Å². The summed E-state index contributed by atoms with van der Waals surface area (Å²) in [6.07, 6.45) is 4.82. The summed E-state index contributed by atoms with van der Waals surface area (Å²) in [5, 5.41) is 0. The van der Waals surface area contributed by atoms with Gasteiger partial charge in [0.25, 0.3) is 0 Å². The molecule has 4 rings (SSSR count). The molecule has 2 heterocycles. The van der Waals surface area contributed by atoms with Crippen LogP contribution in [-0.4, -0.2) is 23.5 Å². The summed E-state index contributed by atoms with van der Waals surface area (Å²) < 4.78 is 5.69. The van der Waals surface area contributed by atoms with Crippen molar-refractivity contribution in [2.75, 3.05) is 6.61 Å². The highest BCUT2D eigenvalue weighted by molar-refractivity contribution is 5.77. The quantitative estimate of drug-likeness (QED) is 0.835. The molecule has 2 aliphatic rings. The van der Waals surface area contributed by atoms with Crippen LogP contribution in [0.25, 0.3) is 0 Å². The van der Waals surface area contributed by atoms with E-state index in [2.05, 4.69) is 53.4 Å². The van der Waals surface area contributed by atoms with E-state index >= 15 is 0 Å². The van der Waals surface area contributed by atoms with E-state index in [1.165, 1.54) is 16.7 Å². The summed E-state index contributed by atoms with van der Waals surface area (Å²) in [5.41, 5.74) is 3.86. The van der Waals surface area contributed by atoms with Gasteiger partial charge in [-0.05, 0) is 42.4 Å². The fourth-order valence-electron chi connectivity index (χ4n) is 4.06. The Hall–Kier alpha value is -2.13. The summed E-state index contributed by atoms with van der Waals surface area (Å²) in [6.45, 7) is 1.56. The van der Waals surface area contributed by atoms with Gasteiger partial charge in [0.05, 0.1) is 12.1 Å². The van der Waals surface area contributed by atoms with Gasteiger partial charge < -0.3 is 9.64 Å². The van der Waals surface area contributed by atoms with Crippen molar-refractivity contribution >= 4 is 5.91 Å². The van der Waals surface area contributed by atoms with Crippen molar-refractivity contribution in [3.63, 3.8) is 0 Å². The molecule has 1 fully saturated rings. The predicted molar refractivity (Wildman–Crippen MR) is 98.1 cm³/mol. The lowest BCUT2D eigenvalue weighted by atomic mass is 9.89. The van der Waals surface area contributed by atoms with Gasteiger partial charge >= 0.3 is 0 Å². The van der Waals surface area contributed by atoms with E-state index in [-0.39, 0.29) is 18.1 Å². The molecule has 130 valence electrons. The smallest absolute Gasteiger partial charge is 0.223 e. The molecule has 2 aromatic rings. The van der Waals surface area contributed by atoms with Gasteiger partial charge in [0.2, 0.25) is 5.91 Å². The molecule has 1 saturated heterocycles.